The normalized spacial score (nSPS) is 11.3. The molecule has 0 radical (unpaired) electrons. The highest BCUT2D eigenvalue weighted by Crippen LogP contribution is 2.22. The van der Waals surface area contributed by atoms with Crippen molar-refractivity contribution in [3.63, 3.8) is 0 Å². The first-order valence-corrected chi connectivity index (χ1v) is 6.45. The van der Waals surface area contributed by atoms with Gasteiger partial charge >= 0.3 is 0 Å². The lowest BCUT2D eigenvalue weighted by molar-refractivity contribution is 0.320. The van der Waals surface area contributed by atoms with Crippen molar-refractivity contribution in [2.24, 2.45) is 5.73 Å². The van der Waals surface area contributed by atoms with E-state index < -0.39 is 0 Å². The van der Waals surface area contributed by atoms with Crippen molar-refractivity contribution in [1.82, 2.24) is 4.90 Å². The first-order chi connectivity index (χ1) is 7.17. The predicted octanol–water partition coefficient (Wildman–Crippen LogP) is 2.75. The van der Waals surface area contributed by atoms with Crippen LogP contribution in [0.3, 0.4) is 0 Å². The van der Waals surface area contributed by atoms with Gasteiger partial charge in [-0.1, -0.05) is 13.3 Å². The number of hydrogen-bond donors (Lipinski definition) is 1. The molecule has 0 aliphatic rings. The van der Waals surface area contributed by atoms with E-state index >= 15 is 0 Å². The van der Waals surface area contributed by atoms with Gasteiger partial charge in [0.05, 0.1) is 0 Å². The molecule has 0 aliphatic carbocycles. The molecule has 86 valence electrons. The van der Waals surface area contributed by atoms with Crippen molar-refractivity contribution in [2.75, 3.05) is 13.6 Å². The van der Waals surface area contributed by atoms with Gasteiger partial charge in [-0.25, -0.2) is 0 Å². The SMILES string of the molecule is CCCCN(C)Cc1cc(CN)sc1C. The van der Waals surface area contributed by atoms with E-state index in [0.29, 0.717) is 6.54 Å². The van der Waals surface area contributed by atoms with Crippen LogP contribution in [0.25, 0.3) is 0 Å². The van der Waals surface area contributed by atoms with Crippen LogP contribution >= 0.6 is 11.3 Å². The number of nitrogens with zero attached hydrogens (tertiary/aromatic N) is 1. The Hall–Kier alpha value is -0.380. The largest absolute Gasteiger partial charge is 0.326 e. The first-order valence-electron chi connectivity index (χ1n) is 5.64. The summed E-state index contributed by atoms with van der Waals surface area (Å²) >= 11 is 1.83. The van der Waals surface area contributed by atoms with Crippen molar-refractivity contribution in [3.8, 4) is 0 Å². The fraction of sp³-hybridized carbons (Fsp3) is 0.667. The third-order valence-corrected chi connectivity index (χ3v) is 3.72. The predicted molar refractivity (Wildman–Crippen MR) is 68.2 cm³/mol. The van der Waals surface area contributed by atoms with Gasteiger partial charge in [0.15, 0.2) is 0 Å². The number of unbranched alkanes of at least 4 members (excludes halogenated alkanes) is 1. The molecule has 2 nitrogen and oxygen atoms in total. The molecule has 15 heavy (non-hydrogen) atoms. The summed E-state index contributed by atoms with van der Waals surface area (Å²) in [6.45, 7) is 7.33. The van der Waals surface area contributed by atoms with E-state index in [-0.39, 0.29) is 0 Å². The number of rotatable bonds is 6. The summed E-state index contributed by atoms with van der Waals surface area (Å²) in [6, 6.07) is 2.25. The van der Waals surface area contributed by atoms with Crippen LogP contribution in [0.1, 0.15) is 35.1 Å². The number of thiophene rings is 1. The van der Waals surface area contributed by atoms with Gasteiger partial charge in [-0.3, -0.25) is 0 Å². The molecule has 0 spiro atoms. The summed E-state index contributed by atoms with van der Waals surface area (Å²) in [7, 11) is 2.19. The van der Waals surface area contributed by atoms with Crippen molar-refractivity contribution in [3.05, 3.63) is 21.4 Å². The fourth-order valence-corrected chi connectivity index (χ4v) is 2.58. The van der Waals surface area contributed by atoms with Crippen LogP contribution in [-0.2, 0) is 13.1 Å². The molecule has 0 saturated carbocycles. The lowest BCUT2D eigenvalue weighted by atomic mass is 10.2. The Morgan fingerprint density at radius 1 is 1.47 bits per heavy atom. The second-order valence-electron chi connectivity index (χ2n) is 4.09. The minimum absolute atomic E-state index is 0.671. The van der Waals surface area contributed by atoms with Crippen LogP contribution in [0.4, 0.5) is 0 Å². The Morgan fingerprint density at radius 2 is 2.20 bits per heavy atom. The van der Waals surface area contributed by atoms with Gasteiger partial charge < -0.3 is 10.6 Å². The molecule has 0 amide bonds. The highest BCUT2D eigenvalue weighted by Gasteiger charge is 2.06. The van der Waals surface area contributed by atoms with Crippen LogP contribution in [-0.4, -0.2) is 18.5 Å². The number of hydrogen-bond acceptors (Lipinski definition) is 3. The van der Waals surface area contributed by atoms with E-state index in [0.717, 1.165) is 6.54 Å². The van der Waals surface area contributed by atoms with E-state index in [9.17, 15) is 0 Å². The highest BCUT2D eigenvalue weighted by atomic mass is 32.1. The maximum atomic E-state index is 5.64. The van der Waals surface area contributed by atoms with Crippen molar-refractivity contribution < 1.29 is 0 Å². The molecule has 1 heterocycles. The zero-order chi connectivity index (χ0) is 11.3. The van der Waals surface area contributed by atoms with Gasteiger partial charge in [-0.2, -0.15) is 0 Å². The average Bonchev–Trinajstić information content (AvgIpc) is 2.57. The van der Waals surface area contributed by atoms with Crippen LogP contribution in [0, 0.1) is 6.92 Å². The van der Waals surface area contributed by atoms with Gasteiger partial charge in [0.2, 0.25) is 0 Å². The standard InChI is InChI=1S/C12H22N2S/c1-4-5-6-14(3)9-11-7-12(8-13)15-10(11)2/h7H,4-6,8-9,13H2,1-3H3. The molecule has 1 aromatic heterocycles. The zero-order valence-electron chi connectivity index (χ0n) is 10.0. The summed E-state index contributed by atoms with van der Waals surface area (Å²) in [5.41, 5.74) is 7.08. The Bertz CT molecular complexity index is 294. The minimum atomic E-state index is 0.671. The van der Waals surface area contributed by atoms with E-state index in [2.05, 4.69) is 31.9 Å². The molecule has 3 heteroatoms. The molecule has 0 aliphatic heterocycles. The van der Waals surface area contributed by atoms with Gasteiger partial charge in [0.25, 0.3) is 0 Å². The van der Waals surface area contributed by atoms with Gasteiger partial charge in [-0.05, 0) is 38.6 Å². The maximum Gasteiger partial charge on any atom is 0.0274 e. The topological polar surface area (TPSA) is 29.3 Å². The number of nitrogens with two attached hydrogens (primary N) is 1. The van der Waals surface area contributed by atoms with Crippen molar-refractivity contribution in [2.45, 2.75) is 39.8 Å². The highest BCUT2D eigenvalue weighted by molar-refractivity contribution is 7.12. The van der Waals surface area contributed by atoms with Gasteiger partial charge in [0.1, 0.15) is 0 Å². The van der Waals surface area contributed by atoms with Crippen molar-refractivity contribution >= 4 is 11.3 Å². The molecule has 1 rings (SSSR count). The maximum absolute atomic E-state index is 5.64. The fourth-order valence-electron chi connectivity index (χ4n) is 1.64. The molecule has 0 fully saturated rings. The summed E-state index contributed by atoms with van der Waals surface area (Å²) < 4.78 is 0. The Morgan fingerprint density at radius 3 is 2.73 bits per heavy atom. The second-order valence-corrected chi connectivity index (χ2v) is 5.43. The Balaban J connectivity index is 2.51. The summed E-state index contributed by atoms with van der Waals surface area (Å²) in [5, 5.41) is 0. The summed E-state index contributed by atoms with van der Waals surface area (Å²) in [4.78, 5) is 5.10. The summed E-state index contributed by atoms with van der Waals surface area (Å²) in [5.74, 6) is 0. The summed E-state index contributed by atoms with van der Waals surface area (Å²) in [6.07, 6.45) is 2.55. The molecule has 0 bridgehead atoms. The molecule has 1 aromatic rings. The average molecular weight is 226 g/mol. The van der Waals surface area contributed by atoms with Gasteiger partial charge in [-0.15, -0.1) is 11.3 Å². The smallest absolute Gasteiger partial charge is 0.0274 e. The Labute approximate surface area is 97.1 Å². The van der Waals surface area contributed by atoms with Crippen LogP contribution in [0.2, 0.25) is 0 Å². The van der Waals surface area contributed by atoms with Crippen LogP contribution < -0.4 is 5.73 Å². The molecule has 0 aromatic carbocycles. The molecular formula is C12H22N2S. The van der Waals surface area contributed by atoms with E-state index in [1.165, 1.54) is 34.7 Å². The van der Waals surface area contributed by atoms with E-state index in [1.807, 2.05) is 11.3 Å². The number of aryl methyl sites for hydroxylation is 1. The second kappa shape index (κ2) is 6.26. The lowest BCUT2D eigenvalue weighted by Gasteiger charge is -2.15. The molecule has 0 saturated heterocycles. The lowest BCUT2D eigenvalue weighted by Crippen LogP contribution is -2.18. The van der Waals surface area contributed by atoms with E-state index in [4.69, 9.17) is 5.73 Å². The first kappa shape index (κ1) is 12.7. The quantitative estimate of drug-likeness (QED) is 0.808. The molecule has 0 unspecified atom stereocenters. The monoisotopic (exact) mass is 226 g/mol. The van der Waals surface area contributed by atoms with Crippen LogP contribution in [0.15, 0.2) is 6.07 Å². The Kier molecular flexibility index (Phi) is 5.29. The van der Waals surface area contributed by atoms with Crippen molar-refractivity contribution in [1.29, 1.82) is 0 Å². The third-order valence-electron chi connectivity index (χ3n) is 2.61. The van der Waals surface area contributed by atoms with Crippen LogP contribution in [0.5, 0.6) is 0 Å². The van der Waals surface area contributed by atoms with Gasteiger partial charge in [0, 0.05) is 22.8 Å². The zero-order valence-corrected chi connectivity index (χ0v) is 10.9. The van der Waals surface area contributed by atoms with E-state index in [1.54, 1.807) is 0 Å². The molecule has 0 atom stereocenters. The molecular weight excluding hydrogens is 204 g/mol. The minimum Gasteiger partial charge on any atom is -0.326 e. The third kappa shape index (κ3) is 3.93. The molecule has 2 N–H and O–H groups in total.